The first-order valence-electron chi connectivity index (χ1n) is 6.38. The van der Waals surface area contributed by atoms with E-state index in [1.807, 2.05) is 6.92 Å². The van der Waals surface area contributed by atoms with Crippen molar-refractivity contribution in [1.82, 2.24) is 10.6 Å². The van der Waals surface area contributed by atoms with E-state index >= 15 is 0 Å². The molecule has 0 aliphatic carbocycles. The van der Waals surface area contributed by atoms with Gasteiger partial charge in [-0.3, -0.25) is 0 Å². The number of halogens is 2. The maximum absolute atomic E-state index is 12.8. The Morgan fingerprint density at radius 3 is 2.37 bits per heavy atom. The molecular formula is C14H23FIN3. The molecule has 0 bridgehead atoms. The molecule has 2 N–H and O–H groups in total. The molecule has 0 radical (unpaired) electrons. The van der Waals surface area contributed by atoms with Gasteiger partial charge < -0.3 is 10.6 Å². The first-order valence-corrected chi connectivity index (χ1v) is 6.38. The predicted molar refractivity (Wildman–Crippen MR) is 89.5 cm³/mol. The van der Waals surface area contributed by atoms with E-state index in [0.717, 1.165) is 24.6 Å². The molecule has 5 heteroatoms. The lowest BCUT2D eigenvalue weighted by Crippen LogP contribution is -2.39. The van der Waals surface area contributed by atoms with Gasteiger partial charge in [-0.15, -0.1) is 24.0 Å². The summed E-state index contributed by atoms with van der Waals surface area (Å²) < 4.78 is 12.8. The minimum atomic E-state index is -0.215. The summed E-state index contributed by atoms with van der Waals surface area (Å²) in [5.74, 6) is 1.16. The van der Waals surface area contributed by atoms with Crippen molar-refractivity contribution in [2.24, 2.45) is 10.9 Å². The Morgan fingerprint density at radius 2 is 1.84 bits per heavy atom. The highest BCUT2D eigenvalue weighted by atomic mass is 127. The standard InChI is InChI=1S/C14H22FN3.HI/c1-4-16-14(17-9-11(2)3)18-10-12-5-7-13(15)8-6-12;/h5-8,11H,4,9-10H2,1-3H3,(H2,16,17,18);1H. The fourth-order valence-corrected chi connectivity index (χ4v) is 1.40. The van der Waals surface area contributed by atoms with Crippen LogP contribution in [0.4, 0.5) is 4.39 Å². The van der Waals surface area contributed by atoms with Crippen molar-refractivity contribution in [2.45, 2.75) is 27.3 Å². The fourth-order valence-electron chi connectivity index (χ4n) is 1.40. The van der Waals surface area contributed by atoms with Crippen LogP contribution in [-0.2, 0) is 6.54 Å². The number of guanidine groups is 1. The lowest BCUT2D eigenvalue weighted by molar-refractivity contribution is 0.614. The summed E-state index contributed by atoms with van der Waals surface area (Å²) in [7, 11) is 0. The van der Waals surface area contributed by atoms with Gasteiger partial charge in [-0.25, -0.2) is 9.38 Å². The SMILES string of the molecule is CCNC(=NCc1ccc(F)cc1)NCC(C)C.I. The molecule has 1 aromatic rings. The van der Waals surface area contributed by atoms with E-state index in [2.05, 4.69) is 29.5 Å². The number of benzene rings is 1. The Bertz CT molecular complexity index is 377. The van der Waals surface area contributed by atoms with Gasteiger partial charge in [-0.1, -0.05) is 26.0 Å². The van der Waals surface area contributed by atoms with Gasteiger partial charge in [0.1, 0.15) is 5.82 Å². The summed E-state index contributed by atoms with van der Waals surface area (Å²) in [6, 6.07) is 6.42. The van der Waals surface area contributed by atoms with E-state index in [-0.39, 0.29) is 29.8 Å². The van der Waals surface area contributed by atoms with Crippen LogP contribution in [0, 0.1) is 11.7 Å². The highest BCUT2D eigenvalue weighted by Gasteiger charge is 1.99. The number of hydrogen-bond acceptors (Lipinski definition) is 1. The van der Waals surface area contributed by atoms with Gasteiger partial charge in [0.15, 0.2) is 5.96 Å². The fraction of sp³-hybridized carbons (Fsp3) is 0.500. The predicted octanol–water partition coefficient (Wildman–Crippen LogP) is 3.15. The molecule has 0 saturated carbocycles. The first-order chi connectivity index (χ1) is 8.61. The van der Waals surface area contributed by atoms with Crippen molar-refractivity contribution in [3.63, 3.8) is 0 Å². The third-order valence-corrected chi connectivity index (χ3v) is 2.35. The molecule has 0 atom stereocenters. The summed E-state index contributed by atoms with van der Waals surface area (Å²) in [5.41, 5.74) is 0.998. The van der Waals surface area contributed by atoms with Crippen molar-refractivity contribution in [3.8, 4) is 0 Å². The molecule has 0 spiro atoms. The van der Waals surface area contributed by atoms with Crippen LogP contribution in [0.5, 0.6) is 0 Å². The zero-order chi connectivity index (χ0) is 13.4. The maximum Gasteiger partial charge on any atom is 0.191 e. The van der Waals surface area contributed by atoms with Crippen molar-refractivity contribution < 1.29 is 4.39 Å². The Hall–Kier alpha value is -0.850. The summed E-state index contributed by atoms with van der Waals surface area (Å²) in [4.78, 5) is 4.46. The summed E-state index contributed by atoms with van der Waals surface area (Å²) in [6.45, 7) is 8.59. The summed E-state index contributed by atoms with van der Waals surface area (Å²) in [5, 5.41) is 6.45. The molecular weight excluding hydrogens is 356 g/mol. The van der Waals surface area contributed by atoms with Gasteiger partial charge in [0.2, 0.25) is 0 Å². The molecule has 0 aliphatic heterocycles. The van der Waals surface area contributed by atoms with E-state index in [1.54, 1.807) is 12.1 Å². The van der Waals surface area contributed by atoms with Crippen molar-refractivity contribution in [1.29, 1.82) is 0 Å². The first kappa shape index (κ1) is 18.1. The van der Waals surface area contributed by atoms with E-state index in [4.69, 9.17) is 0 Å². The van der Waals surface area contributed by atoms with E-state index in [1.165, 1.54) is 12.1 Å². The number of rotatable bonds is 5. The minimum Gasteiger partial charge on any atom is -0.357 e. The Balaban J connectivity index is 0.00000324. The molecule has 0 unspecified atom stereocenters. The average Bonchev–Trinajstić information content (AvgIpc) is 2.34. The zero-order valence-electron chi connectivity index (χ0n) is 11.7. The molecule has 0 fully saturated rings. The molecule has 1 aromatic carbocycles. The molecule has 0 saturated heterocycles. The van der Waals surface area contributed by atoms with Crippen LogP contribution in [0.1, 0.15) is 26.3 Å². The number of nitrogens with one attached hydrogen (secondary N) is 2. The maximum atomic E-state index is 12.8. The van der Waals surface area contributed by atoms with Crippen molar-refractivity contribution in [3.05, 3.63) is 35.6 Å². The van der Waals surface area contributed by atoms with Crippen LogP contribution in [0.15, 0.2) is 29.3 Å². The van der Waals surface area contributed by atoms with Crippen LogP contribution in [0.25, 0.3) is 0 Å². The lowest BCUT2D eigenvalue weighted by Gasteiger charge is -2.12. The molecule has 0 amide bonds. The van der Waals surface area contributed by atoms with Gasteiger partial charge in [0, 0.05) is 13.1 Å². The van der Waals surface area contributed by atoms with Gasteiger partial charge in [0.05, 0.1) is 6.54 Å². The van der Waals surface area contributed by atoms with Gasteiger partial charge in [-0.05, 0) is 30.5 Å². The number of hydrogen-bond donors (Lipinski definition) is 2. The largest absolute Gasteiger partial charge is 0.357 e. The average molecular weight is 379 g/mol. The van der Waals surface area contributed by atoms with Crippen molar-refractivity contribution in [2.75, 3.05) is 13.1 Å². The van der Waals surface area contributed by atoms with E-state index in [0.29, 0.717) is 12.5 Å². The molecule has 1 rings (SSSR count). The number of aliphatic imine (C=N–C) groups is 1. The molecule has 0 aliphatic rings. The third-order valence-electron chi connectivity index (χ3n) is 2.35. The molecule has 19 heavy (non-hydrogen) atoms. The van der Waals surface area contributed by atoms with E-state index < -0.39 is 0 Å². The van der Waals surface area contributed by atoms with Gasteiger partial charge in [0.25, 0.3) is 0 Å². The number of nitrogens with zero attached hydrogens (tertiary/aromatic N) is 1. The Labute approximate surface area is 132 Å². The third kappa shape index (κ3) is 8.02. The molecule has 3 nitrogen and oxygen atoms in total. The smallest absolute Gasteiger partial charge is 0.191 e. The van der Waals surface area contributed by atoms with Crippen LogP contribution in [0.3, 0.4) is 0 Å². The second-order valence-corrected chi connectivity index (χ2v) is 4.60. The van der Waals surface area contributed by atoms with Crippen LogP contribution < -0.4 is 10.6 Å². The Morgan fingerprint density at radius 1 is 1.21 bits per heavy atom. The topological polar surface area (TPSA) is 36.4 Å². The quantitative estimate of drug-likeness (QED) is 0.469. The minimum absolute atomic E-state index is 0. The highest BCUT2D eigenvalue weighted by molar-refractivity contribution is 14.0. The van der Waals surface area contributed by atoms with Crippen molar-refractivity contribution >= 4 is 29.9 Å². The summed E-state index contributed by atoms with van der Waals surface area (Å²) >= 11 is 0. The second kappa shape index (κ2) is 10.00. The second-order valence-electron chi connectivity index (χ2n) is 4.60. The van der Waals surface area contributed by atoms with Crippen LogP contribution in [-0.4, -0.2) is 19.0 Å². The van der Waals surface area contributed by atoms with Crippen LogP contribution >= 0.6 is 24.0 Å². The van der Waals surface area contributed by atoms with Gasteiger partial charge >= 0.3 is 0 Å². The zero-order valence-corrected chi connectivity index (χ0v) is 14.1. The molecule has 108 valence electrons. The highest BCUT2D eigenvalue weighted by Crippen LogP contribution is 2.03. The lowest BCUT2D eigenvalue weighted by atomic mass is 10.2. The Kier molecular flexibility index (Phi) is 9.55. The summed E-state index contributed by atoms with van der Waals surface area (Å²) in [6.07, 6.45) is 0. The van der Waals surface area contributed by atoms with Crippen LogP contribution in [0.2, 0.25) is 0 Å². The molecule has 0 aromatic heterocycles. The van der Waals surface area contributed by atoms with E-state index in [9.17, 15) is 4.39 Å². The van der Waals surface area contributed by atoms with Gasteiger partial charge in [-0.2, -0.15) is 0 Å². The molecule has 0 heterocycles. The normalized spacial score (nSPS) is 11.1. The monoisotopic (exact) mass is 379 g/mol.